The fourth-order valence-electron chi connectivity index (χ4n) is 2.56. The Morgan fingerprint density at radius 1 is 1.23 bits per heavy atom. The molecule has 0 unspecified atom stereocenters. The maximum Gasteiger partial charge on any atom is 0.236 e. The van der Waals surface area contributed by atoms with Crippen LogP contribution in [0.1, 0.15) is 17.7 Å². The maximum atomic E-state index is 5.70. The van der Waals surface area contributed by atoms with Gasteiger partial charge in [0.1, 0.15) is 18.6 Å². The second kappa shape index (κ2) is 7.97. The molecule has 0 saturated carbocycles. The minimum Gasteiger partial charge on any atom is -0.471 e. The lowest BCUT2D eigenvalue weighted by Gasteiger charge is -2.05. The van der Waals surface area contributed by atoms with E-state index in [0.717, 1.165) is 30.0 Å². The molecule has 0 atom stereocenters. The third kappa shape index (κ3) is 4.18. The lowest BCUT2D eigenvalue weighted by Crippen LogP contribution is -1.99. The lowest BCUT2D eigenvalue weighted by atomic mass is 10.1. The molecule has 4 aromatic rings. The highest BCUT2D eigenvalue weighted by Gasteiger charge is 2.08. The van der Waals surface area contributed by atoms with Gasteiger partial charge in [0, 0.05) is 31.2 Å². The normalized spacial score (nSPS) is 10.9. The predicted octanol–water partition coefficient (Wildman–Crippen LogP) is 4.21. The van der Waals surface area contributed by atoms with E-state index < -0.39 is 0 Å². The number of aromatic nitrogens is 4. The maximum absolute atomic E-state index is 5.70. The summed E-state index contributed by atoms with van der Waals surface area (Å²) in [5, 5.41) is 2.00. The first-order valence-electron chi connectivity index (χ1n) is 8.38. The highest BCUT2D eigenvalue weighted by molar-refractivity contribution is 7.13. The number of rotatable bonds is 8. The summed E-state index contributed by atoms with van der Waals surface area (Å²) >= 11 is 1.60. The Bertz CT molecular complexity index is 915. The smallest absolute Gasteiger partial charge is 0.236 e. The molecule has 0 aliphatic rings. The number of nitrogens with zero attached hydrogens (tertiary/aromatic N) is 4. The van der Waals surface area contributed by atoms with Crippen LogP contribution in [0.4, 0.5) is 0 Å². The standard InChI is InChI=1S/C19H18N4O2S/c1(8-23-9-7-20-14-23)3-15-5-6-18(21-11-15)24-12-16-13-25-19(22-16)17-4-2-10-26-17/h2,4-7,9-11,13-14H,1,3,8,12H2. The van der Waals surface area contributed by atoms with Crippen LogP contribution >= 0.6 is 11.3 Å². The molecule has 0 radical (unpaired) electrons. The fraction of sp³-hybridized carbons (Fsp3) is 0.211. The molecule has 4 heterocycles. The van der Waals surface area contributed by atoms with E-state index in [-0.39, 0.29) is 0 Å². The summed E-state index contributed by atoms with van der Waals surface area (Å²) in [6, 6.07) is 7.90. The Kier molecular flexibility index (Phi) is 5.07. The molecule has 7 heteroatoms. The first-order valence-corrected chi connectivity index (χ1v) is 9.26. The molecular weight excluding hydrogens is 348 g/mol. The number of aryl methyl sites for hydroxylation is 2. The van der Waals surface area contributed by atoms with Gasteiger partial charge < -0.3 is 13.7 Å². The fourth-order valence-corrected chi connectivity index (χ4v) is 3.22. The monoisotopic (exact) mass is 366 g/mol. The molecule has 0 saturated heterocycles. The van der Waals surface area contributed by atoms with E-state index in [1.807, 2.05) is 42.3 Å². The molecule has 0 aromatic carbocycles. The van der Waals surface area contributed by atoms with Crippen LogP contribution < -0.4 is 4.74 Å². The molecule has 0 fully saturated rings. The van der Waals surface area contributed by atoms with Gasteiger partial charge in [-0.05, 0) is 29.9 Å². The summed E-state index contributed by atoms with van der Waals surface area (Å²) in [5.74, 6) is 1.21. The van der Waals surface area contributed by atoms with E-state index in [4.69, 9.17) is 9.15 Å². The Balaban J connectivity index is 1.26. The number of thiophene rings is 1. The van der Waals surface area contributed by atoms with Gasteiger partial charge in [-0.25, -0.2) is 15.0 Å². The van der Waals surface area contributed by atoms with Crippen molar-refractivity contribution >= 4 is 11.3 Å². The van der Waals surface area contributed by atoms with Crippen molar-refractivity contribution in [2.75, 3.05) is 0 Å². The van der Waals surface area contributed by atoms with E-state index in [9.17, 15) is 0 Å². The summed E-state index contributed by atoms with van der Waals surface area (Å²) in [5.41, 5.74) is 1.94. The Morgan fingerprint density at radius 2 is 2.23 bits per heavy atom. The topological polar surface area (TPSA) is 66.0 Å². The predicted molar refractivity (Wildman–Crippen MR) is 98.9 cm³/mol. The zero-order valence-corrected chi connectivity index (χ0v) is 14.9. The third-order valence-corrected chi connectivity index (χ3v) is 4.75. The van der Waals surface area contributed by atoms with Crippen molar-refractivity contribution in [1.82, 2.24) is 19.5 Å². The summed E-state index contributed by atoms with van der Waals surface area (Å²) in [6.07, 6.45) is 11.1. The number of imidazole rings is 1. The third-order valence-electron chi connectivity index (χ3n) is 3.89. The van der Waals surface area contributed by atoms with Crippen LogP contribution in [0.3, 0.4) is 0 Å². The molecule has 0 aliphatic heterocycles. The molecule has 132 valence electrons. The van der Waals surface area contributed by atoms with Gasteiger partial charge in [-0.1, -0.05) is 12.1 Å². The van der Waals surface area contributed by atoms with E-state index in [1.54, 1.807) is 23.8 Å². The zero-order valence-electron chi connectivity index (χ0n) is 14.1. The van der Waals surface area contributed by atoms with Crippen molar-refractivity contribution < 1.29 is 9.15 Å². The molecule has 4 aromatic heterocycles. The van der Waals surface area contributed by atoms with Crippen molar-refractivity contribution in [3.05, 3.63) is 72.1 Å². The van der Waals surface area contributed by atoms with Crippen LogP contribution in [0.25, 0.3) is 10.8 Å². The van der Waals surface area contributed by atoms with Crippen molar-refractivity contribution in [3.63, 3.8) is 0 Å². The second-order valence-corrected chi connectivity index (χ2v) is 6.77. The first-order chi connectivity index (χ1) is 12.9. The molecule has 26 heavy (non-hydrogen) atoms. The molecule has 4 rings (SSSR count). The summed E-state index contributed by atoms with van der Waals surface area (Å²) < 4.78 is 13.3. The van der Waals surface area contributed by atoms with Gasteiger partial charge in [-0.3, -0.25) is 0 Å². The van der Waals surface area contributed by atoms with Gasteiger partial charge in [-0.2, -0.15) is 0 Å². The van der Waals surface area contributed by atoms with Crippen molar-refractivity contribution in [1.29, 1.82) is 0 Å². The average Bonchev–Trinajstić information content (AvgIpc) is 3.42. The zero-order chi connectivity index (χ0) is 17.6. The Labute approximate surface area is 155 Å². The van der Waals surface area contributed by atoms with Gasteiger partial charge in [0.2, 0.25) is 11.8 Å². The molecule has 0 bridgehead atoms. The Morgan fingerprint density at radius 3 is 3.00 bits per heavy atom. The van der Waals surface area contributed by atoms with Crippen LogP contribution in [0.5, 0.6) is 5.88 Å². The summed E-state index contributed by atoms with van der Waals surface area (Å²) in [7, 11) is 0. The molecule has 0 spiro atoms. The van der Waals surface area contributed by atoms with E-state index >= 15 is 0 Å². The SMILES string of the molecule is c1csc(-c2nc(COc3ccc(CCCn4ccnc4)cn3)co2)c1. The van der Waals surface area contributed by atoms with Gasteiger partial charge in [0.15, 0.2) is 0 Å². The van der Waals surface area contributed by atoms with E-state index in [0.29, 0.717) is 18.4 Å². The van der Waals surface area contributed by atoms with Gasteiger partial charge in [0.25, 0.3) is 0 Å². The molecule has 0 N–H and O–H groups in total. The van der Waals surface area contributed by atoms with Crippen LogP contribution in [-0.2, 0) is 19.6 Å². The molecule has 0 amide bonds. The van der Waals surface area contributed by atoms with Gasteiger partial charge in [-0.15, -0.1) is 11.3 Å². The number of hydrogen-bond donors (Lipinski definition) is 0. The average molecular weight is 366 g/mol. The van der Waals surface area contributed by atoms with E-state index in [1.165, 1.54) is 5.56 Å². The number of pyridine rings is 1. The van der Waals surface area contributed by atoms with Gasteiger partial charge in [0.05, 0.1) is 11.2 Å². The second-order valence-electron chi connectivity index (χ2n) is 5.82. The van der Waals surface area contributed by atoms with Crippen molar-refractivity contribution in [2.45, 2.75) is 26.0 Å². The number of ether oxygens (including phenoxy) is 1. The van der Waals surface area contributed by atoms with E-state index in [2.05, 4.69) is 25.6 Å². The van der Waals surface area contributed by atoms with Crippen LogP contribution in [0.15, 0.2) is 65.2 Å². The van der Waals surface area contributed by atoms with Crippen molar-refractivity contribution in [2.24, 2.45) is 0 Å². The molecular formula is C19H18N4O2S. The molecule has 0 aliphatic carbocycles. The minimum atomic E-state index is 0.335. The van der Waals surface area contributed by atoms with Gasteiger partial charge >= 0.3 is 0 Å². The molecule has 6 nitrogen and oxygen atoms in total. The van der Waals surface area contributed by atoms with Crippen LogP contribution in [0.2, 0.25) is 0 Å². The lowest BCUT2D eigenvalue weighted by molar-refractivity contribution is 0.289. The number of oxazole rings is 1. The highest BCUT2D eigenvalue weighted by Crippen LogP contribution is 2.24. The quantitative estimate of drug-likeness (QED) is 0.467. The largest absolute Gasteiger partial charge is 0.471 e. The summed E-state index contributed by atoms with van der Waals surface area (Å²) in [6.45, 7) is 1.29. The Hall–Kier alpha value is -2.93. The van der Waals surface area contributed by atoms with Crippen molar-refractivity contribution in [3.8, 4) is 16.6 Å². The van der Waals surface area contributed by atoms with Crippen LogP contribution in [-0.4, -0.2) is 19.5 Å². The first kappa shape index (κ1) is 16.5. The number of hydrogen-bond acceptors (Lipinski definition) is 6. The van der Waals surface area contributed by atoms with Crippen LogP contribution in [0, 0.1) is 0 Å². The highest BCUT2D eigenvalue weighted by atomic mass is 32.1. The minimum absolute atomic E-state index is 0.335. The summed E-state index contributed by atoms with van der Waals surface area (Å²) in [4.78, 5) is 13.9.